The Labute approximate surface area is 308 Å². The topological polar surface area (TPSA) is 63.8 Å². The lowest BCUT2D eigenvalue weighted by Gasteiger charge is -2.13. The van der Waals surface area contributed by atoms with Gasteiger partial charge in [-0.25, -0.2) is 4.98 Å². The number of hydrogen-bond donors (Lipinski definition) is 1. The zero-order valence-corrected chi connectivity index (χ0v) is 29.1. The van der Waals surface area contributed by atoms with E-state index in [-0.39, 0.29) is 5.75 Å². The Kier molecular flexibility index (Phi) is 8.14. The van der Waals surface area contributed by atoms with Gasteiger partial charge in [-0.15, -0.1) is 0 Å². The molecule has 0 amide bonds. The summed E-state index contributed by atoms with van der Waals surface area (Å²) < 4.78 is 2.07. The highest BCUT2D eigenvalue weighted by Crippen LogP contribution is 2.39. The van der Waals surface area contributed by atoms with E-state index in [1.807, 2.05) is 79.3 Å². The molecular formula is C48H34N4O. The van der Waals surface area contributed by atoms with Gasteiger partial charge in [0.05, 0.1) is 23.0 Å². The van der Waals surface area contributed by atoms with Crippen molar-refractivity contribution in [2.75, 3.05) is 0 Å². The molecule has 0 spiro atoms. The van der Waals surface area contributed by atoms with Crippen LogP contribution in [0.3, 0.4) is 0 Å². The SMILES string of the molecule is Cc1cnc(-c2cc(-c3ccccc3)cc(-c3cncc4c3nc(-c3ccccc3O)n4-c3ccccc3)c2)cc1-c1ccc(-c2ccccc2)cc1. The van der Waals surface area contributed by atoms with Gasteiger partial charge < -0.3 is 5.11 Å². The molecule has 0 aliphatic heterocycles. The van der Waals surface area contributed by atoms with Gasteiger partial charge in [-0.2, -0.15) is 0 Å². The summed E-state index contributed by atoms with van der Waals surface area (Å²) in [4.78, 5) is 15.0. The molecule has 0 bridgehead atoms. The number of fused-ring (bicyclic) bond motifs is 1. The Morgan fingerprint density at radius 1 is 0.472 bits per heavy atom. The second kappa shape index (κ2) is 13.5. The summed E-state index contributed by atoms with van der Waals surface area (Å²) in [7, 11) is 0. The summed E-state index contributed by atoms with van der Waals surface area (Å²) in [5.74, 6) is 0.805. The van der Waals surface area contributed by atoms with Crippen LogP contribution in [0.4, 0.5) is 0 Å². The van der Waals surface area contributed by atoms with E-state index in [4.69, 9.17) is 15.0 Å². The molecule has 0 aliphatic carbocycles. The van der Waals surface area contributed by atoms with Gasteiger partial charge in [0.2, 0.25) is 0 Å². The minimum atomic E-state index is 0.166. The van der Waals surface area contributed by atoms with Gasteiger partial charge in [-0.05, 0) is 100.0 Å². The molecule has 3 aromatic heterocycles. The van der Waals surface area contributed by atoms with Crippen molar-refractivity contribution in [2.24, 2.45) is 0 Å². The van der Waals surface area contributed by atoms with E-state index in [0.29, 0.717) is 11.4 Å². The maximum Gasteiger partial charge on any atom is 0.149 e. The highest BCUT2D eigenvalue weighted by molar-refractivity contribution is 5.97. The van der Waals surface area contributed by atoms with Crippen LogP contribution in [-0.4, -0.2) is 24.6 Å². The Bertz CT molecular complexity index is 2720. The molecule has 1 N–H and O–H groups in total. The van der Waals surface area contributed by atoms with Gasteiger partial charge in [-0.1, -0.05) is 115 Å². The van der Waals surface area contributed by atoms with Gasteiger partial charge in [0, 0.05) is 29.2 Å². The third-order valence-corrected chi connectivity index (χ3v) is 9.78. The van der Waals surface area contributed by atoms with Gasteiger partial charge in [0.1, 0.15) is 17.1 Å². The third-order valence-electron chi connectivity index (χ3n) is 9.78. The van der Waals surface area contributed by atoms with Crippen LogP contribution in [0.15, 0.2) is 182 Å². The van der Waals surface area contributed by atoms with E-state index in [9.17, 15) is 5.11 Å². The van der Waals surface area contributed by atoms with Crippen LogP contribution in [0, 0.1) is 6.92 Å². The summed E-state index contributed by atoms with van der Waals surface area (Å²) in [6.45, 7) is 2.11. The van der Waals surface area contributed by atoms with Crippen molar-refractivity contribution in [3.63, 3.8) is 0 Å². The fourth-order valence-electron chi connectivity index (χ4n) is 7.08. The molecular weight excluding hydrogens is 649 g/mol. The predicted molar refractivity (Wildman–Crippen MR) is 216 cm³/mol. The molecule has 5 heteroatoms. The van der Waals surface area contributed by atoms with Crippen molar-refractivity contribution < 1.29 is 5.11 Å². The molecule has 3 heterocycles. The predicted octanol–water partition coefficient (Wildman–Crippen LogP) is 11.8. The number of para-hydroxylation sites is 2. The summed E-state index contributed by atoms with van der Waals surface area (Å²) in [6.07, 6.45) is 5.70. The second-order valence-electron chi connectivity index (χ2n) is 13.2. The number of imidazole rings is 1. The first-order valence-corrected chi connectivity index (χ1v) is 17.6. The number of hydrogen-bond acceptors (Lipinski definition) is 4. The molecule has 0 saturated carbocycles. The van der Waals surface area contributed by atoms with Crippen LogP contribution in [0.25, 0.3) is 83.9 Å². The minimum absolute atomic E-state index is 0.166. The van der Waals surface area contributed by atoms with Gasteiger partial charge in [0.25, 0.3) is 0 Å². The summed E-state index contributed by atoms with van der Waals surface area (Å²) in [5, 5.41) is 11.0. The zero-order chi connectivity index (χ0) is 35.7. The van der Waals surface area contributed by atoms with Crippen LogP contribution >= 0.6 is 0 Å². The van der Waals surface area contributed by atoms with E-state index in [0.717, 1.165) is 66.9 Å². The van der Waals surface area contributed by atoms with E-state index in [1.54, 1.807) is 6.07 Å². The molecule has 9 aromatic rings. The Balaban J connectivity index is 1.22. The van der Waals surface area contributed by atoms with Crippen LogP contribution in [-0.2, 0) is 0 Å². The number of phenols is 1. The lowest BCUT2D eigenvalue weighted by molar-refractivity contribution is 0.477. The number of aryl methyl sites for hydroxylation is 1. The van der Waals surface area contributed by atoms with Crippen LogP contribution in [0.2, 0.25) is 0 Å². The third kappa shape index (κ3) is 6.04. The maximum atomic E-state index is 11.0. The number of nitrogens with zero attached hydrogens (tertiary/aromatic N) is 4. The first kappa shape index (κ1) is 31.8. The van der Waals surface area contributed by atoms with Crippen LogP contribution in [0.1, 0.15) is 5.56 Å². The molecule has 5 nitrogen and oxygen atoms in total. The standard InChI is InChI=1S/C48H34N4O/c1-32-29-50-44(28-42(32)36-23-21-35(22-24-36)33-13-5-2-6-14-33)39-26-37(34-15-7-3-8-16-34)25-38(27-39)43-30-49-31-45-47(43)51-48(41-19-11-12-20-46(41)53)52(45)40-17-9-4-10-18-40/h2-31,53H,1H3. The molecule has 0 unspecified atom stereocenters. The average Bonchev–Trinajstić information content (AvgIpc) is 3.62. The molecule has 0 fully saturated rings. The molecule has 6 aromatic carbocycles. The molecule has 53 heavy (non-hydrogen) atoms. The van der Waals surface area contributed by atoms with E-state index in [1.165, 1.54) is 11.1 Å². The quantitative estimate of drug-likeness (QED) is 0.182. The lowest BCUT2D eigenvalue weighted by Crippen LogP contribution is -1.97. The van der Waals surface area contributed by atoms with Crippen molar-refractivity contribution in [3.8, 4) is 78.6 Å². The van der Waals surface area contributed by atoms with Crippen molar-refractivity contribution >= 4 is 11.0 Å². The molecule has 0 atom stereocenters. The Morgan fingerprint density at radius 2 is 1.06 bits per heavy atom. The van der Waals surface area contributed by atoms with Gasteiger partial charge in [-0.3, -0.25) is 14.5 Å². The first-order chi connectivity index (χ1) is 26.1. The second-order valence-corrected chi connectivity index (χ2v) is 13.2. The van der Waals surface area contributed by atoms with Crippen molar-refractivity contribution in [1.82, 2.24) is 19.5 Å². The maximum absolute atomic E-state index is 11.0. The van der Waals surface area contributed by atoms with Crippen LogP contribution < -0.4 is 0 Å². The number of benzene rings is 6. The number of phenolic OH excluding ortho intramolecular Hbond substituents is 1. The first-order valence-electron chi connectivity index (χ1n) is 17.6. The van der Waals surface area contributed by atoms with E-state index >= 15 is 0 Å². The van der Waals surface area contributed by atoms with Crippen molar-refractivity contribution in [1.29, 1.82) is 0 Å². The van der Waals surface area contributed by atoms with E-state index in [2.05, 4.69) is 109 Å². The van der Waals surface area contributed by atoms with Gasteiger partial charge >= 0.3 is 0 Å². The van der Waals surface area contributed by atoms with Crippen molar-refractivity contribution in [3.05, 3.63) is 188 Å². The molecule has 9 rings (SSSR count). The minimum Gasteiger partial charge on any atom is -0.507 e. The normalized spacial score (nSPS) is 11.2. The Morgan fingerprint density at radius 3 is 1.77 bits per heavy atom. The average molecular weight is 683 g/mol. The van der Waals surface area contributed by atoms with Crippen molar-refractivity contribution in [2.45, 2.75) is 6.92 Å². The fourth-order valence-corrected chi connectivity index (χ4v) is 7.08. The summed E-state index contributed by atoms with van der Waals surface area (Å²) >= 11 is 0. The molecule has 0 radical (unpaired) electrons. The fraction of sp³-hybridized carbons (Fsp3) is 0.0208. The van der Waals surface area contributed by atoms with Crippen LogP contribution in [0.5, 0.6) is 5.75 Å². The smallest absolute Gasteiger partial charge is 0.149 e. The number of rotatable bonds is 7. The molecule has 0 aliphatic rings. The number of aromatic nitrogens is 4. The number of pyridine rings is 2. The monoisotopic (exact) mass is 682 g/mol. The molecule has 252 valence electrons. The zero-order valence-electron chi connectivity index (χ0n) is 29.1. The summed E-state index contributed by atoms with van der Waals surface area (Å²) in [5.41, 5.74) is 14.9. The number of aromatic hydroxyl groups is 1. The largest absolute Gasteiger partial charge is 0.507 e. The lowest BCUT2D eigenvalue weighted by atomic mass is 9.93. The highest BCUT2D eigenvalue weighted by Gasteiger charge is 2.21. The Hall–Kier alpha value is -7.11. The van der Waals surface area contributed by atoms with E-state index < -0.39 is 0 Å². The van der Waals surface area contributed by atoms with Gasteiger partial charge in [0.15, 0.2) is 0 Å². The summed E-state index contributed by atoms with van der Waals surface area (Å²) in [6, 6.07) is 55.8. The highest BCUT2D eigenvalue weighted by atomic mass is 16.3. The molecule has 0 saturated heterocycles.